The Morgan fingerprint density at radius 2 is 1.94 bits per heavy atom. The molecule has 2 aromatic rings. The Kier molecular flexibility index (Phi) is 3.08. The zero-order chi connectivity index (χ0) is 13.5. The number of nitrogen functional groups attached to an aromatic ring is 1. The lowest BCUT2D eigenvalue weighted by molar-refractivity contribution is -0.136. The molecule has 0 aliphatic rings. The monoisotopic (exact) mass is 275 g/mol. The molecule has 3 N–H and O–H groups in total. The van der Waals surface area contributed by atoms with Crippen molar-refractivity contribution < 1.29 is 13.2 Å². The lowest BCUT2D eigenvalue weighted by atomic mass is 10.1. The summed E-state index contributed by atoms with van der Waals surface area (Å²) in [6.45, 7) is 1.69. The molecule has 0 atom stereocenters. The molecule has 96 valence electrons. The van der Waals surface area contributed by atoms with Crippen molar-refractivity contribution in [2.75, 3.05) is 5.43 Å². The number of hydrogen-bond donors (Lipinski definition) is 2. The molecule has 0 saturated heterocycles. The first-order valence-corrected chi connectivity index (χ1v) is 5.35. The van der Waals surface area contributed by atoms with E-state index in [2.05, 4.69) is 10.4 Å². The third-order valence-electron chi connectivity index (χ3n) is 2.52. The highest BCUT2D eigenvalue weighted by Gasteiger charge is 2.34. The number of nitrogens with zero attached hydrogens (tertiary/aromatic N) is 1. The summed E-state index contributed by atoms with van der Waals surface area (Å²) >= 11 is 5.69. The van der Waals surface area contributed by atoms with Crippen molar-refractivity contribution in [3.05, 3.63) is 34.3 Å². The van der Waals surface area contributed by atoms with Gasteiger partial charge in [0.25, 0.3) is 0 Å². The SMILES string of the molecule is Cc1cc2cc(Cl)cc(C(F)(F)F)c2nc1NN. The van der Waals surface area contributed by atoms with E-state index in [4.69, 9.17) is 17.4 Å². The summed E-state index contributed by atoms with van der Waals surface area (Å²) in [6.07, 6.45) is -4.52. The highest BCUT2D eigenvalue weighted by Crippen LogP contribution is 2.37. The Hall–Kier alpha value is -1.53. The Morgan fingerprint density at radius 1 is 1.28 bits per heavy atom. The molecule has 1 aromatic heterocycles. The summed E-state index contributed by atoms with van der Waals surface area (Å²) in [4.78, 5) is 3.89. The third kappa shape index (κ3) is 2.21. The number of fused-ring (bicyclic) bond motifs is 1. The molecule has 0 fully saturated rings. The minimum Gasteiger partial charge on any atom is -0.308 e. The summed E-state index contributed by atoms with van der Waals surface area (Å²) in [7, 11) is 0. The van der Waals surface area contributed by atoms with Crippen LogP contribution in [-0.4, -0.2) is 4.98 Å². The van der Waals surface area contributed by atoms with Gasteiger partial charge in [-0.15, -0.1) is 0 Å². The molecule has 0 unspecified atom stereocenters. The van der Waals surface area contributed by atoms with Gasteiger partial charge in [0.1, 0.15) is 5.82 Å². The Bertz CT molecular complexity index is 610. The second-order valence-electron chi connectivity index (χ2n) is 3.82. The number of halogens is 4. The van der Waals surface area contributed by atoms with Crippen LogP contribution in [0.4, 0.5) is 19.0 Å². The van der Waals surface area contributed by atoms with Crippen molar-refractivity contribution in [2.24, 2.45) is 5.84 Å². The van der Waals surface area contributed by atoms with Crippen LogP contribution in [-0.2, 0) is 6.18 Å². The van der Waals surface area contributed by atoms with E-state index in [-0.39, 0.29) is 16.4 Å². The van der Waals surface area contributed by atoms with Crippen LogP contribution in [0.25, 0.3) is 10.9 Å². The van der Waals surface area contributed by atoms with Gasteiger partial charge >= 0.3 is 6.18 Å². The maximum Gasteiger partial charge on any atom is 0.418 e. The van der Waals surface area contributed by atoms with Gasteiger partial charge in [0.2, 0.25) is 0 Å². The molecule has 0 spiro atoms. The van der Waals surface area contributed by atoms with Crippen LogP contribution < -0.4 is 11.3 Å². The molecule has 18 heavy (non-hydrogen) atoms. The zero-order valence-electron chi connectivity index (χ0n) is 9.27. The number of hydrazine groups is 1. The maximum atomic E-state index is 12.9. The van der Waals surface area contributed by atoms with E-state index in [0.29, 0.717) is 10.9 Å². The van der Waals surface area contributed by atoms with E-state index < -0.39 is 11.7 Å². The van der Waals surface area contributed by atoms with Gasteiger partial charge in [-0.2, -0.15) is 13.2 Å². The molecule has 7 heteroatoms. The minimum atomic E-state index is -4.52. The predicted octanol–water partition coefficient (Wildman–Crippen LogP) is 3.50. The average Bonchev–Trinajstić information content (AvgIpc) is 2.25. The molecule has 3 nitrogen and oxygen atoms in total. The number of rotatable bonds is 1. The van der Waals surface area contributed by atoms with Crippen LogP contribution in [0.2, 0.25) is 5.02 Å². The number of hydrogen-bond acceptors (Lipinski definition) is 3. The zero-order valence-corrected chi connectivity index (χ0v) is 10.0. The van der Waals surface area contributed by atoms with E-state index in [1.165, 1.54) is 6.07 Å². The summed E-state index contributed by atoms with van der Waals surface area (Å²) in [5, 5.41) is 0.343. The van der Waals surface area contributed by atoms with Crippen molar-refractivity contribution in [1.29, 1.82) is 0 Å². The number of aryl methyl sites for hydroxylation is 1. The third-order valence-corrected chi connectivity index (χ3v) is 2.73. The van der Waals surface area contributed by atoms with E-state index in [1.807, 2.05) is 0 Å². The van der Waals surface area contributed by atoms with Gasteiger partial charge in [-0.25, -0.2) is 10.8 Å². The second kappa shape index (κ2) is 4.29. The van der Waals surface area contributed by atoms with E-state index >= 15 is 0 Å². The topological polar surface area (TPSA) is 50.9 Å². The Balaban J connectivity index is 2.85. The average molecular weight is 276 g/mol. The molecule has 0 saturated carbocycles. The van der Waals surface area contributed by atoms with Crippen LogP contribution in [0, 0.1) is 6.92 Å². The van der Waals surface area contributed by atoms with Gasteiger partial charge in [-0.05, 0) is 30.7 Å². The highest BCUT2D eigenvalue weighted by atomic mass is 35.5. The first kappa shape index (κ1) is 12.9. The number of nitrogens with one attached hydrogen (secondary N) is 1. The smallest absolute Gasteiger partial charge is 0.308 e. The van der Waals surface area contributed by atoms with E-state index in [0.717, 1.165) is 6.07 Å². The number of nitrogens with two attached hydrogens (primary N) is 1. The van der Waals surface area contributed by atoms with Crippen LogP contribution in [0.15, 0.2) is 18.2 Å². The molecule has 0 bridgehead atoms. The predicted molar refractivity (Wildman–Crippen MR) is 64.3 cm³/mol. The van der Waals surface area contributed by atoms with Gasteiger partial charge in [-0.3, -0.25) is 0 Å². The number of alkyl halides is 3. The fraction of sp³-hybridized carbons (Fsp3) is 0.182. The van der Waals surface area contributed by atoms with Crippen LogP contribution in [0.3, 0.4) is 0 Å². The van der Waals surface area contributed by atoms with Gasteiger partial charge in [0.05, 0.1) is 11.1 Å². The quantitative estimate of drug-likeness (QED) is 0.619. The minimum absolute atomic E-state index is 0.0180. The van der Waals surface area contributed by atoms with E-state index in [9.17, 15) is 13.2 Å². The highest BCUT2D eigenvalue weighted by molar-refractivity contribution is 6.31. The standard InChI is InChI=1S/C11H9ClF3N3/c1-5-2-6-3-7(12)4-8(11(13,14)15)9(6)17-10(5)18-16/h2-4H,16H2,1H3,(H,17,18). The molecule has 2 rings (SSSR count). The lowest BCUT2D eigenvalue weighted by Crippen LogP contribution is -2.12. The Labute approximate surface area is 106 Å². The summed E-state index contributed by atoms with van der Waals surface area (Å²) in [6, 6.07) is 3.84. The fourth-order valence-electron chi connectivity index (χ4n) is 1.72. The molecular formula is C11H9ClF3N3. The van der Waals surface area contributed by atoms with Crippen molar-refractivity contribution in [3.63, 3.8) is 0 Å². The first-order chi connectivity index (χ1) is 8.32. The van der Waals surface area contributed by atoms with E-state index in [1.54, 1.807) is 13.0 Å². The molecule has 0 radical (unpaired) electrons. The lowest BCUT2D eigenvalue weighted by Gasteiger charge is -2.13. The number of pyridine rings is 1. The molecule has 0 aliphatic heterocycles. The van der Waals surface area contributed by atoms with Gasteiger partial charge in [-0.1, -0.05) is 11.6 Å². The van der Waals surface area contributed by atoms with Crippen molar-refractivity contribution in [3.8, 4) is 0 Å². The molecule has 1 aromatic carbocycles. The van der Waals surface area contributed by atoms with Crippen molar-refractivity contribution in [2.45, 2.75) is 13.1 Å². The number of benzene rings is 1. The van der Waals surface area contributed by atoms with Gasteiger partial charge in [0.15, 0.2) is 0 Å². The van der Waals surface area contributed by atoms with Crippen molar-refractivity contribution >= 4 is 28.3 Å². The second-order valence-corrected chi connectivity index (χ2v) is 4.26. The number of aromatic nitrogens is 1. The maximum absolute atomic E-state index is 12.9. The fourth-order valence-corrected chi connectivity index (χ4v) is 1.95. The summed E-state index contributed by atoms with van der Waals surface area (Å²) in [5.74, 6) is 5.41. The first-order valence-electron chi connectivity index (χ1n) is 4.97. The molecule has 0 aliphatic carbocycles. The van der Waals surface area contributed by atoms with Crippen LogP contribution in [0.5, 0.6) is 0 Å². The number of anilines is 1. The Morgan fingerprint density at radius 3 is 2.50 bits per heavy atom. The molecule has 0 amide bonds. The van der Waals surface area contributed by atoms with Crippen molar-refractivity contribution in [1.82, 2.24) is 4.98 Å². The molecule has 1 heterocycles. The largest absolute Gasteiger partial charge is 0.418 e. The van der Waals surface area contributed by atoms with Crippen LogP contribution >= 0.6 is 11.6 Å². The summed E-state index contributed by atoms with van der Waals surface area (Å²) < 4.78 is 38.7. The normalized spacial score (nSPS) is 11.9. The molecular weight excluding hydrogens is 267 g/mol. The van der Waals surface area contributed by atoms with Gasteiger partial charge in [0, 0.05) is 10.4 Å². The van der Waals surface area contributed by atoms with Crippen LogP contribution in [0.1, 0.15) is 11.1 Å². The summed E-state index contributed by atoms with van der Waals surface area (Å²) in [5.41, 5.74) is 1.86. The van der Waals surface area contributed by atoms with Gasteiger partial charge < -0.3 is 5.43 Å².